The van der Waals surface area contributed by atoms with Gasteiger partial charge < -0.3 is 5.41 Å². The van der Waals surface area contributed by atoms with Crippen LogP contribution in [0.15, 0.2) is 0 Å². The normalized spacial score (nSPS) is 13.0. The van der Waals surface area contributed by atoms with Gasteiger partial charge in [-0.3, -0.25) is 0 Å². The zero-order valence-electron chi connectivity index (χ0n) is 8.11. The van der Waals surface area contributed by atoms with Crippen molar-refractivity contribution in [3.8, 4) is 0 Å². The monoisotopic (exact) mass is 155 g/mol. The van der Waals surface area contributed by atoms with Crippen molar-refractivity contribution in [2.24, 2.45) is 5.92 Å². The minimum atomic E-state index is 0.569. The van der Waals surface area contributed by atoms with Crippen LogP contribution in [-0.2, 0) is 0 Å². The lowest BCUT2D eigenvalue weighted by Crippen LogP contribution is -2.09. The summed E-state index contributed by atoms with van der Waals surface area (Å²) in [5.74, 6) is 0.569. The third-order valence-corrected chi connectivity index (χ3v) is 2.16. The van der Waals surface area contributed by atoms with Crippen molar-refractivity contribution in [1.82, 2.24) is 0 Å². The summed E-state index contributed by atoms with van der Waals surface area (Å²) in [4.78, 5) is 0. The fourth-order valence-electron chi connectivity index (χ4n) is 1.38. The van der Waals surface area contributed by atoms with Gasteiger partial charge in [-0.2, -0.15) is 0 Å². The van der Waals surface area contributed by atoms with E-state index >= 15 is 0 Å². The number of hydrogen-bond donors (Lipinski definition) is 1. The first-order valence-electron chi connectivity index (χ1n) is 4.77. The van der Waals surface area contributed by atoms with Crippen LogP contribution in [0.4, 0.5) is 0 Å². The average Bonchev–Trinajstić information content (AvgIpc) is 1.97. The lowest BCUT2D eigenvalue weighted by atomic mass is 9.93. The summed E-state index contributed by atoms with van der Waals surface area (Å²) >= 11 is 0. The van der Waals surface area contributed by atoms with Gasteiger partial charge in [0.15, 0.2) is 0 Å². The Morgan fingerprint density at radius 2 is 1.82 bits per heavy atom. The smallest absolute Gasteiger partial charge is 0.00891 e. The second kappa shape index (κ2) is 6.38. The van der Waals surface area contributed by atoms with E-state index in [0.29, 0.717) is 5.92 Å². The molecule has 0 bridgehead atoms. The van der Waals surface area contributed by atoms with Crippen LogP contribution in [0, 0.1) is 11.3 Å². The van der Waals surface area contributed by atoms with Crippen molar-refractivity contribution in [1.29, 1.82) is 5.41 Å². The Morgan fingerprint density at radius 1 is 1.18 bits per heavy atom. The summed E-state index contributed by atoms with van der Waals surface area (Å²) in [6.07, 6.45) is 6.17. The molecule has 0 amide bonds. The molecule has 0 aromatic carbocycles. The van der Waals surface area contributed by atoms with E-state index in [1.807, 2.05) is 6.92 Å². The molecule has 1 nitrogen and oxygen atoms in total. The third-order valence-electron chi connectivity index (χ3n) is 2.16. The predicted molar refractivity (Wildman–Crippen MR) is 51.3 cm³/mol. The summed E-state index contributed by atoms with van der Waals surface area (Å²) in [5.41, 5.74) is 0.875. The molecule has 0 radical (unpaired) electrons. The largest absolute Gasteiger partial charge is 0.310 e. The van der Waals surface area contributed by atoms with E-state index in [9.17, 15) is 0 Å². The van der Waals surface area contributed by atoms with Gasteiger partial charge in [0.25, 0.3) is 0 Å². The molecule has 0 aromatic heterocycles. The topological polar surface area (TPSA) is 23.9 Å². The van der Waals surface area contributed by atoms with E-state index in [0.717, 1.165) is 5.71 Å². The predicted octanol–water partition coefficient (Wildman–Crippen LogP) is 3.63. The van der Waals surface area contributed by atoms with Gasteiger partial charge in [0.1, 0.15) is 0 Å². The first kappa shape index (κ1) is 10.7. The molecule has 0 aliphatic heterocycles. The van der Waals surface area contributed by atoms with Gasteiger partial charge in [0.2, 0.25) is 0 Å². The molecule has 1 heteroatoms. The van der Waals surface area contributed by atoms with Crippen molar-refractivity contribution < 1.29 is 0 Å². The van der Waals surface area contributed by atoms with Crippen LogP contribution in [0.2, 0.25) is 0 Å². The maximum atomic E-state index is 7.53. The standard InChI is InChI=1S/C10H21N/c1-4-6-8-10(7-5-2)9(3)11/h10-11H,4-8H2,1-3H3. The van der Waals surface area contributed by atoms with Crippen LogP contribution in [0.1, 0.15) is 52.9 Å². The number of rotatable bonds is 6. The highest BCUT2D eigenvalue weighted by atomic mass is 14.4. The maximum Gasteiger partial charge on any atom is 0.00891 e. The van der Waals surface area contributed by atoms with Gasteiger partial charge in [-0.1, -0.05) is 33.1 Å². The van der Waals surface area contributed by atoms with Crippen LogP contribution >= 0.6 is 0 Å². The van der Waals surface area contributed by atoms with Crippen LogP contribution in [0.5, 0.6) is 0 Å². The van der Waals surface area contributed by atoms with Gasteiger partial charge in [0.05, 0.1) is 0 Å². The van der Waals surface area contributed by atoms with E-state index in [1.165, 1.54) is 32.1 Å². The second-order valence-electron chi connectivity index (χ2n) is 3.31. The number of hydrogen-bond acceptors (Lipinski definition) is 1. The van der Waals surface area contributed by atoms with Crippen molar-refractivity contribution in [2.75, 3.05) is 0 Å². The Bertz CT molecular complexity index is 107. The van der Waals surface area contributed by atoms with Crippen LogP contribution in [0.25, 0.3) is 0 Å². The molecular weight excluding hydrogens is 134 g/mol. The van der Waals surface area contributed by atoms with Crippen molar-refractivity contribution in [2.45, 2.75) is 52.9 Å². The highest BCUT2D eigenvalue weighted by molar-refractivity contribution is 5.81. The van der Waals surface area contributed by atoms with Crippen molar-refractivity contribution >= 4 is 5.71 Å². The molecule has 0 heterocycles. The van der Waals surface area contributed by atoms with Gasteiger partial charge in [-0.15, -0.1) is 0 Å². The lowest BCUT2D eigenvalue weighted by Gasteiger charge is -2.13. The molecule has 1 atom stereocenters. The molecule has 66 valence electrons. The second-order valence-corrected chi connectivity index (χ2v) is 3.31. The summed E-state index contributed by atoms with van der Waals surface area (Å²) in [5, 5.41) is 7.53. The molecule has 0 aromatic rings. The van der Waals surface area contributed by atoms with Crippen LogP contribution in [0.3, 0.4) is 0 Å². The van der Waals surface area contributed by atoms with Gasteiger partial charge in [-0.25, -0.2) is 0 Å². The molecule has 1 unspecified atom stereocenters. The molecule has 0 fully saturated rings. The summed E-state index contributed by atoms with van der Waals surface area (Å²) in [6, 6.07) is 0. The fraction of sp³-hybridized carbons (Fsp3) is 0.900. The van der Waals surface area contributed by atoms with E-state index in [2.05, 4.69) is 13.8 Å². The van der Waals surface area contributed by atoms with E-state index < -0.39 is 0 Å². The van der Waals surface area contributed by atoms with Crippen LogP contribution < -0.4 is 0 Å². The van der Waals surface area contributed by atoms with E-state index in [4.69, 9.17) is 5.41 Å². The highest BCUT2D eigenvalue weighted by Crippen LogP contribution is 2.15. The van der Waals surface area contributed by atoms with Gasteiger partial charge in [-0.05, 0) is 25.7 Å². The SMILES string of the molecule is CCCCC(CCC)C(C)=N. The van der Waals surface area contributed by atoms with Crippen molar-refractivity contribution in [3.63, 3.8) is 0 Å². The molecule has 0 saturated heterocycles. The molecule has 0 aliphatic carbocycles. The first-order chi connectivity index (χ1) is 5.22. The van der Waals surface area contributed by atoms with Crippen molar-refractivity contribution in [3.05, 3.63) is 0 Å². The molecule has 0 spiro atoms. The zero-order valence-corrected chi connectivity index (χ0v) is 8.11. The molecule has 0 aliphatic rings. The third kappa shape index (κ3) is 5.00. The zero-order chi connectivity index (χ0) is 8.69. The summed E-state index contributed by atoms with van der Waals surface area (Å²) < 4.78 is 0. The number of unbranched alkanes of at least 4 members (excludes halogenated alkanes) is 1. The molecule has 0 saturated carbocycles. The Balaban J connectivity index is 3.60. The Hall–Kier alpha value is -0.330. The summed E-state index contributed by atoms with van der Waals surface area (Å²) in [6.45, 7) is 6.35. The Morgan fingerprint density at radius 3 is 2.18 bits per heavy atom. The van der Waals surface area contributed by atoms with E-state index in [-0.39, 0.29) is 0 Å². The quantitative estimate of drug-likeness (QED) is 0.566. The average molecular weight is 155 g/mol. The molecule has 0 rings (SSSR count). The molecule has 11 heavy (non-hydrogen) atoms. The number of nitrogens with one attached hydrogen (secondary N) is 1. The Kier molecular flexibility index (Phi) is 6.19. The van der Waals surface area contributed by atoms with E-state index in [1.54, 1.807) is 0 Å². The minimum absolute atomic E-state index is 0.569. The van der Waals surface area contributed by atoms with Gasteiger partial charge >= 0.3 is 0 Å². The molecule has 1 N–H and O–H groups in total. The maximum absolute atomic E-state index is 7.53. The van der Waals surface area contributed by atoms with Crippen LogP contribution in [-0.4, -0.2) is 5.71 Å². The lowest BCUT2D eigenvalue weighted by molar-refractivity contribution is 0.535. The fourth-order valence-corrected chi connectivity index (χ4v) is 1.38. The first-order valence-corrected chi connectivity index (χ1v) is 4.77. The Labute approximate surface area is 70.7 Å². The van der Waals surface area contributed by atoms with Gasteiger partial charge in [0, 0.05) is 5.71 Å². The molecular formula is C10H21N. The summed E-state index contributed by atoms with van der Waals surface area (Å²) in [7, 11) is 0. The highest BCUT2D eigenvalue weighted by Gasteiger charge is 2.08. The minimum Gasteiger partial charge on any atom is -0.310 e.